The van der Waals surface area contributed by atoms with Gasteiger partial charge in [0, 0.05) is 6.54 Å². The van der Waals surface area contributed by atoms with Crippen molar-refractivity contribution in [1.29, 1.82) is 0 Å². The maximum absolute atomic E-state index is 6.04. The Bertz CT molecular complexity index is 560. The molecule has 0 spiro atoms. The summed E-state index contributed by atoms with van der Waals surface area (Å²) in [6, 6.07) is 14.8. The highest BCUT2D eigenvalue weighted by atomic mass is 16.5. The zero-order valence-electron chi connectivity index (χ0n) is 13.3. The van der Waals surface area contributed by atoms with E-state index in [1.54, 1.807) is 0 Å². The highest BCUT2D eigenvalue weighted by Crippen LogP contribution is 2.26. The van der Waals surface area contributed by atoms with Crippen LogP contribution in [-0.2, 0) is 13.0 Å². The van der Waals surface area contributed by atoms with Crippen LogP contribution in [-0.4, -0.2) is 6.54 Å². The minimum absolute atomic E-state index is 0.878. The number of ether oxygens (including phenoxy) is 1. The molecule has 0 aliphatic heterocycles. The Morgan fingerprint density at radius 3 is 2.33 bits per heavy atom. The number of nitrogens with one attached hydrogen (secondary N) is 1. The third-order valence-corrected chi connectivity index (χ3v) is 3.52. The van der Waals surface area contributed by atoms with Crippen LogP contribution in [0.4, 0.5) is 0 Å². The van der Waals surface area contributed by atoms with Gasteiger partial charge in [0.05, 0.1) is 0 Å². The summed E-state index contributed by atoms with van der Waals surface area (Å²) >= 11 is 0. The Hall–Kier alpha value is -1.80. The molecule has 0 saturated carbocycles. The second-order valence-corrected chi connectivity index (χ2v) is 5.38. The van der Waals surface area contributed by atoms with Crippen LogP contribution in [0.2, 0.25) is 0 Å². The SMILES string of the molecule is CCCc1ccc(Oc2cc(CNCC)ccc2C)cc1. The molecule has 2 nitrogen and oxygen atoms in total. The van der Waals surface area contributed by atoms with Gasteiger partial charge in [-0.2, -0.15) is 0 Å². The molecule has 2 aromatic rings. The first-order valence-corrected chi connectivity index (χ1v) is 7.80. The summed E-state index contributed by atoms with van der Waals surface area (Å²) in [7, 11) is 0. The van der Waals surface area contributed by atoms with E-state index in [4.69, 9.17) is 4.74 Å². The van der Waals surface area contributed by atoms with Crippen molar-refractivity contribution in [2.24, 2.45) is 0 Å². The number of hydrogen-bond acceptors (Lipinski definition) is 2. The minimum atomic E-state index is 0.878. The smallest absolute Gasteiger partial charge is 0.130 e. The molecule has 0 saturated heterocycles. The molecular formula is C19H25NO. The predicted octanol–water partition coefficient (Wildman–Crippen LogP) is 4.85. The summed E-state index contributed by atoms with van der Waals surface area (Å²) in [6.07, 6.45) is 2.29. The normalized spacial score (nSPS) is 10.6. The molecule has 0 atom stereocenters. The van der Waals surface area contributed by atoms with Gasteiger partial charge in [-0.15, -0.1) is 0 Å². The molecule has 0 aliphatic carbocycles. The van der Waals surface area contributed by atoms with Crippen molar-refractivity contribution in [2.45, 2.75) is 40.2 Å². The minimum Gasteiger partial charge on any atom is -0.457 e. The average Bonchev–Trinajstić information content (AvgIpc) is 2.50. The lowest BCUT2D eigenvalue weighted by atomic mass is 10.1. The van der Waals surface area contributed by atoms with Gasteiger partial charge in [-0.3, -0.25) is 0 Å². The maximum Gasteiger partial charge on any atom is 0.130 e. The molecule has 2 rings (SSSR count). The van der Waals surface area contributed by atoms with E-state index in [1.165, 1.54) is 17.5 Å². The molecule has 2 aromatic carbocycles. The number of aryl methyl sites for hydroxylation is 2. The maximum atomic E-state index is 6.04. The quantitative estimate of drug-likeness (QED) is 0.784. The van der Waals surface area contributed by atoms with Crippen LogP contribution in [0.15, 0.2) is 42.5 Å². The van der Waals surface area contributed by atoms with Crippen LogP contribution in [0, 0.1) is 6.92 Å². The molecule has 1 N–H and O–H groups in total. The van der Waals surface area contributed by atoms with Crippen molar-refractivity contribution in [2.75, 3.05) is 6.54 Å². The van der Waals surface area contributed by atoms with E-state index >= 15 is 0 Å². The molecule has 0 heterocycles. The fourth-order valence-corrected chi connectivity index (χ4v) is 2.27. The molecular weight excluding hydrogens is 258 g/mol. The summed E-state index contributed by atoms with van der Waals surface area (Å²) in [5.41, 5.74) is 3.77. The van der Waals surface area contributed by atoms with Crippen molar-refractivity contribution in [1.82, 2.24) is 5.32 Å². The van der Waals surface area contributed by atoms with Crippen LogP contribution in [0.5, 0.6) is 11.5 Å². The van der Waals surface area contributed by atoms with Crippen LogP contribution in [0.25, 0.3) is 0 Å². The van der Waals surface area contributed by atoms with Gasteiger partial charge in [-0.25, -0.2) is 0 Å². The van der Waals surface area contributed by atoms with Gasteiger partial charge >= 0.3 is 0 Å². The van der Waals surface area contributed by atoms with Crippen molar-refractivity contribution >= 4 is 0 Å². The first-order valence-electron chi connectivity index (χ1n) is 7.80. The first-order chi connectivity index (χ1) is 10.2. The fraction of sp³-hybridized carbons (Fsp3) is 0.368. The summed E-state index contributed by atoms with van der Waals surface area (Å²) in [5.74, 6) is 1.84. The Labute approximate surface area is 128 Å². The zero-order chi connectivity index (χ0) is 15.1. The van der Waals surface area contributed by atoms with Gasteiger partial charge in [0.15, 0.2) is 0 Å². The lowest BCUT2D eigenvalue weighted by Crippen LogP contribution is -2.11. The third kappa shape index (κ3) is 4.61. The van der Waals surface area contributed by atoms with E-state index < -0.39 is 0 Å². The molecule has 0 fully saturated rings. The highest BCUT2D eigenvalue weighted by Gasteiger charge is 2.04. The highest BCUT2D eigenvalue weighted by molar-refractivity contribution is 5.40. The molecule has 112 valence electrons. The average molecular weight is 283 g/mol. The molecule has 0 radical (unpaired) electrons. The van der Waals surface area contributed by atoms with Gasteiger partial charge < -0.3 is 10.1 Å². The van der Waals surface area contributed by atoms with E-state index in [0.717, 1.165) is 36.6 Å². The van der Waals surface area contributed by atoms with E-state index in [-0.39, 0.29) is 0 Å². The molecule has 21 heavy (non-hydrogen) atoms. The molecule has 0 aliphatic rings. The third-order valence-electron chi connectivity index (χ3n) is 3.52. The summed E-state index contributed by atoms with van der Waals surface area (Å²) in [5, 5.41) is 3.34. The number of hydrogen-bond donors (Lipinski definition) is 1. The van der Waals surface area contributed by atoms with Crippen LogP contribution in [0.3, 0.4) is 0 Å². The van der Waals surface area contributed by atoms with E-state index in [1.807, 2.05) is 0 Å². The van der Waals surface area contributed by atoms with E-state index in [0.29, 0.717) is 0 Å². The van der Waals surface area contributed by atoms with Crippen molar-refractivity contribution in [3.05, 3.63) is 59.2 Å². The summed E-state index contributed by atoms with van der Waals surface area (Å²) in [4.78, 5) is 0. The van der Waals surface area contributed by atoms with Crippen LogP contribution >= 0.6 is 0 Å². The standard InChI is InChI=1S/C19H25NO/c1-4-6-16-9-11-18(12-10-16)21-19-13-17(14-20-5-2)8-7-15(19)3/h7-13,20H,4-6,14H2,1-3H3. The Kier molecular flexibility index (Phi) is 5.82. The molecule has 2 heteroatoms. The second kappa shape index (κ2) is 7.84. The Balaban J connectivity index is 2.10. The van der Waals surface area contributed by atoms with E-state index in [9.17, 15) is 0 Å². The lowest BCUT2D eigenvalue weighted by molar-refractivity contribution is 0.477. The monoisotopic (exact) mass is 283 g/mol. The molecule has 0 amide bonds. The molecule has 0 bridgehead atoms. The summed E-state index contributed by atoms with van der Waals surface area (Å²) in [6.45, 7) is 8.25. The van der Waals surface area contributed by atoms with Gasteiger partial charge in [-0.05, 0) is 54.8 Å². The zero-order valence-corrected chi connectivity index (χ0v) is 13.3. The van der Waals surface area contributed by atoms with Crippen molar-refractivity contribution in [3.8, 4) is 11.5 Å². The number of rotatable bonds is 7. The Morgan fingerprint density at radius 1 is 0.952 bits per heavy atom. The number of benzene rings is 2. The molecule has 0 unspecified atom stereocenters. The first kappa shape index (κ1) is 15.6. The van der Waals surface area contributed by atoms with Crippen molar-refractivity contribution in [3.63, 3.8) is 0 Å². The van der Waals surface area contributed by atoms with Gasteiger partial charge in [0.25, 0.3) is 0 Å². The molecule has 0 aromatic heterocycles. The van der Waals surface area contributed by atoms with Gasteiger partial charge in [0.2, 0.25) is 0 Å². The van der Waals surface area contributed by atoms with Crippen LogP contribution < -0.4 is 10.1 Å². The largest absolute Gasteiger partial charge is 0.457 e. The fourth-order valence-electron chi connectivity index (χ4n) is 2.27. The second-order valence-electron chi connectivity index (χ2n) is 5.38. The Morgan fingerprint density at radius 2 is 1.67 bits per heavy atom. The predicted molar refractivity (Wildman–Crippen MR) is 89.1 cm³/mol. The summed E-state index contributed by atoms with van der Waals surface area (Å²) < 4.78 is 6.04. The van der Waals surface area contributed by atoms with E-state index in [2.05, 4.69) is 68.6 Å². The van der Waals surface area contributed by atoms with Crippen molar-refractivity contribution < 1.29 is 4.74 Å². The lowest BCUT2D eigenvalue weighted by Gasteiger charge is -2.11. The topological polar surface area (TPSA) is 21.3 Å². The van der Waals surface area contributed by atoms with Gasteiger partial charge in [-0.1, -0.05) is 44.5 Å². The van der Waals surface area contributed by atoms with Gasteiger partial charge in [0.1, 0.15) is 11.5 Å². The van der Waals surface area contributed by atoms with Crippen LogP contribution in [0.1, 0.15) is 37.0 Å².